The molecule has 3 nitrogen and oxygen atoms in total. The van der Waals surface area contributed by atoms with Crippen molar-refractivity contribution in [2.45, 2.75) is 19.9 Å². The van der Waals surface area contributed by atoms with Crippen LogP contribution in [0.1, 0.15) is 25.5 Å². The number of guanidine groups is 1. The molecule has 1 atom stereocenters. The average molecular weight is 205 g/mol. The van der Waals surface area contributed by atoms with Gasteiger partial charge in [0.1, 0.15) is 0 Å². The van der Waals surface area contributed by atoms with Gasteiger partial charge < -0.3 is 10.6 Å². The minimum Gasteiger partial charge on any atom is -0.357 e. The monoisotopic (exact) mass is 205 g/mol. The molecule has 0 aliphatic heterocycles. The van der Waals surface area contributed by atoms with Crippen LogP contribution in [0.5, 0.6) is 0 Å². The van der Waals surface area contributed by atoms with Gasteiger partial charge in [0.15, 0.2) is 5.96 Å². The number of hydrogen-bond donors (Lipinski definition) is 2. The molecule has 0 fully saturated rings. The lowest BCUT2D eigenvalue weighted by Gasteiger charge is -2.17. The second kappa shape index (κ2) is 6.06. The normalized spacial score (nSPS) is 13.4. The highest BCUT2D eigenvalue weighted by Crippen LogP contribution is 2.10. The van der Waals surface area contributed by atoms with Crippen LogP contribution in [0.25, 0.3) is 0 Å². The van der Waals surface area contributed by atoms with E-state index in [2.05, 4.69) is 41.6 Å². The van der Waals surface area contributed by atoms with E-state index in [1.54, 1.807) is 7.05 Å². The molecule has 0 spiro atoms. The Morgan fingerprint density at radius 1 is 1.33 bits per heavy atom. The molecule has 1 aromatic rings. The van der Waals surface area contributed by atoms with Crippen molar-refractivity contribution in [1.82, 2.24) is 10.6 Å². The van der Waals surface area contributed by atoms with Gasteiger partial charge in [-0.1, -0.05) is 30.3 Å². The molecule has 82 valence electrons. The fourth-order valence-electron chi connectivity index (χ4n) is 1.39. The summed E-state index contributed by atoms with van der Waals surface area (Å²) in [7, 11) is 1.78. The first-order valence-electron chi connectivity index (χ1n) is 5.30. The molecule has 0 saturated heterocycles. The van der Waals surface area contributed by atoms with Gasteiger partial charge in [-0.05, 0) is 19.4 Å². The highest BCUT2D eigenvalue weighted by atomic mass is 15.2. The molecule has 0 radical (unpaired) electrons. The predicted octanol–water partition coefficient (Wildman–Crippen LogP) is 1.93. The van der Waals surface area contributed by atoms with E-state index in [0.717, 1.165) is 12.5 Å². The third-order valence-electron chi connectivity index (χ3n) is 2.22. The van der Waals surface area contributed by atoms with Gasteiger partial charge >= 0.3 is 0 Å². The predicted molar refractivity (Wildman–Crippen MR) is 65.0 cm³/mol. The number of nitrogens with zero attached hydrogens (tertiary/aromatic N) is 1. The fourth-order valence-corrected chi connectivity index (χ4v) is 1.39. The maximum atomic E-state index is 4.14. The second-order valence-corrected chi connectivity index (χ2v) is 3.38. The molecule has 0 bridgehead atoms. The van der Waals surface area contributed by atoms with Crippen molar-refractivity contribution >= 4 is 5.96 Å². The standard InChI is InChI=1S/C12H19N3/c1-4-14-12(13-3)15-10(2)11-8-6-5-7-9-11/h5-10H,4H2,1-3H3,(H2,13,14,15). The largest absolute Gasteiger partial charge is 0.357 e. The van der Waals surface area contributed by atoms with Crippen molar-refractivity contribution in [1.29, 1.82) is 0 Å². The quantitative estimate of drug-likeness (QED) is 0.584. The zero-order valence-corrected chi connectivity index (χ0v) is 9.62. The van der Waals surface area contributed by atoms with Gasteiger partial charge in [0.2, 0.25) is 0 Å². The van der Waals surface area contributed by atoms with E-state index in [9.17, 15) is 0 Å². The lowest BCUT2D eigenvalue weighted by atomic mass is 10.1. The summed E-state index contributed by atoms with van der Waals surface area (Å²) in [4.78, 5) is 4.14. The maximum Gasteiger partial charge on any atom is 0.191 e. The first-order chi connectivity index (χ1) is 7.27. The topological polar surface area (TPSA) is 36.4 Å². The van der Waals surface area contributed by atoms with E-state index < -0.39 is 0 Å². The lowest BCUT2D eigenvalue weighted by Crippen LogP contribution is -2.38. The van der Waals surface area contributed by atoms with E-state index in [0.29, 0.717) is 0 Å². The molecule has 1 aromatic carbocycles. The Bertz CT molecular complexity index is 306. The minimum absolute atomic E-state index is 0.268. The van der Waals surface area contributed by atoms with Crippen molar-refractivity contribution in [2.75, 3.05) is 13.6 Å². The Morgan fingerprint density at radius 3 is 2.53 bits per heavy atom. The third kappa shape index (κ3) is 3.62. The van der Waals surface area contributed by atoms with Crippen LogP contribution in [0.4, 0.5) is 0 Å². The van der Waals surface area contributed by atoms with Crippen molar-refractivity contribution in [2.24, 2.45) is 4.99 Å². The number of nitrogens with one attached hydrogen (secondary N) is 2. The highest BCUT2D eigenvalue weighted by Gasteiger charge is 2.05. The number of benzene rings is 1. The van der Waals surface area contributed by atoms with Crippen molar-refractivity contribution in [3.8, 4) is 0 Å². The zero-order valence-electron chi connectivity index (χ0n) is 9.62. The van der Waals surface area contributed by atoms with Crippen molar-refractivity contribution in [3.63, 3.8) is 0 Å². The first kappa shape index (κ1) is 11.6. The minimum atomic E-state index is 0.268. The van der Waals surface area contributed by atoms with Gasteiger partial charge in [0, 0.05) is 13.6 Å². The van der Waals surface area contributed by atoms with Crippen LogP contribution >= 0.6 is 0 Å². The number of rotatable bonds is 3. The molecule has 15 heavy (non-hydrogen) atoms. The van der Waals surface area contributed by atoms with E-state index in [1.807, 2.05) is 18.2 Å². The van der Waals surface area contributed by atoms with Crippen LogP contribution in [0.2, 0.25) is 0 Å². The first-order valence-corrected chi connectivity index (χ1v) is 5.30. The molecular formula is C12H19N3. The van der Waals surface area contributed by atoms with Gasteiger partial charge in [-0.25, -0.2) is 0 Å². The van der Waals surface area contributed by atoms with Gasteiger partial charge in [-0.15, -0.1) is 0 Å². The Morgan fingerprint density at radius 2 is 2.00 bits per heavy atom. The molecule has 0 aliphatic carbocycles. The summed E-state index contributed by atoms with van der Waals surface area (Å²) < 4.78 is 0. The van der Waals surface area contributed by atoms with Crippen LogP contribution in [0.3, 0.4) is 0 Å². The van der Waals surface area contributed by atoms with Gasteiger partial charge in [-0.3, -0.25) is 4.99 Å². The summed E-state index contributed by atoms with van der Waals surface area (Å²) in [5.74, 6) is 0.842. The molecule has 0 amide bonds. The summed E-state index contributed by atoms with van der Waals surface area (Å²) in [6.07, 6.45) is 0. The molecule has 0 heterocycles. The smallest absolute Gasteiger partial charge is 0.191 e. The molecule has 0 aliphatic rings. The molecule has 0 aromatic heterocycles. The SMILES string of the molecule is CCNC(=NC)NC(C)c1ccccc1. The van der Waals surface area contributed by atoms with E-state index in [1.165, 1.54) is 5.56 Å². The summed E-state index contributed by atoms with van der Waals surface area (Å²) in [6.45, 7) is 5.05. The molecule has 1 rings (SSSR count). The molecule has 3 heteroatoms. The van der Waals surface area contributed by atoms with Crippen molar-refractivity contribution < 1.29 is 0 Å². The summed E-state index contributed by atoms with van der Waals surface area (Å²) in [5.41, 5.74) is 1.26. The van der Waals surface area contributed by atoms with Crippen LogP contribution in [0.15, 0.2) is 35.3 Å². The van der Waals surface area contributed by atoms with Crippen molar-refractivity contribution in [3.05, 3.63) is 35.9 Å². The van der Waals surface area contributed by atoms with Crippen LogP contribution in [-0.4, -0.2) is 19.6 Å². The zero-order chi connectivity index (χ0) is 11.1. The van der Waals surface area contributed by atoms with E-state index >= 15 is 0 Å². The summed E-state index contributed by atoms with van der Waals surface area (Å²) >= 11 is 0. The maximum absolute atomic E-state index is 4.14. The van der Waals surface area contributed by atoms with E-state index in [4.69, 9.17) is 0 Å². The number of hydrogen-bond acceptors (Lipinski definition) is 1. The van der Waals surface area contributed by atoms with E-state index in [-0.39, 0.29) is 6.04 Å². The fraction of sp³-hybridized carbons (Fsp3) is 0.417. The molecular weight excluding hydrogens is 186 g/mol. The molecule has 0 saturated carbocycles. The van der Waals surface area contributed by atoms with Crippen LogP contribution in [0, 0.1) is 0 Å². The number of aliphatic imine (C=N–C) groups is 1. The summed E-state index contributed by atoms with van der Waals surface area (Å²) in [6, 6.07) is 10.6. The Hall–Kier alpha value is -1.51. The second-order valence-electron chi connectivity index (χ2n) is 3.38. The lowest BCUT2D eigenvalue weighted by molar-refractivity contribution is 0.690. The molecule has 1 unspecified atom stereocenters. The average Bonchev–Trinajstić information content (AvgIpc) is 2.29. The van der Waals surface area contributed by atoms with Gasteiger partial charge in [0.05, 0.1) is 6.04 Å². The Labute approximate surface area is 91.6 Å². The van der Waals surface area contributed by atoms with Crippen LogP contribution in [-0.2, 0) is 0 Å². The Kier molecular flexibility index (Phi) is 4.68. The van der Waals surface area contributed by atoms with Gasteiger partial charge in [-0.2, -0.15) is 0 Å². The Balaban J connectivity index is 2.59. The molecule has 2 N–H and O–H groups in total. The highest BCUT2D eigenvalue weighted by molar-refractivity contribution is 5.80. The van der Waals surface area contributed by atoms with Crippen LogP contribution < -0.4 is 10.6 Å². The van der Waals surface area contributed by atoms with Gasteiger partial charge in [0.25, 0.3) is 0 Å². The summed E-state index contributed by atoms with van der Waals surface area (Å²) in [5, 5.41) is 6.49. The third-order valence-corrected chi connectivity index (χ3v) is 2.22.